The van der Waals surface area contributed by atoms with Gasteiger partial charge in [-0.15, -0.1) is 0 Å². The van der Waals surface area contributed by atoms with E-state index in [2.05, 4.69) is 20.5 Å². The summed E-state index contributed by atoms with van der Waals surface area (Å²) < 4.78 is 0. The Morgan fingerprint density at radius 2 is 2.08 bits per heavy atom. The van der Waals surface area contributed by atoms with Crippen molar-refractivity contribution in [3.8, 4) is 11.4 Å². The largest absolute Gasteiger partial charge is 0.331 e. The normalized spacial score (nSPS) is 17.3. The van der Waals surface area contributed by atoms with Crippen LogP contribution >= 0.6 is 0 Å². The molecule has 0 spiro atoms. The molecule has 7 heteroatoms. The SMILES string of the molecule is CCCC(=O)N1CCCCC1C(=O)Nc1ccc(-c2ncn[nH]2)cc1. The van der Waals surface area contributed by atoms with Gasteiger partial charge in [0, 0.05) is 24.2 Å². The van der Waals surface area contributed by atoms with Crippen molar-refractivity contribution in [1.29, 1.82) is 0 Å². The number of piperidine rings is 1. The molecule has 0 bridgehead atoms. The number of aromatic nitrogens is 3. The zero-order chi connectivity index (χ0) is 17.6. The van der Waals surface area contributed by atoms with Crippen LogP contribution in [0.1, 0.15) is 39.0 Å². The van der Waals surface area contributed by atoms with Gasteiger partial charge in [0.1, 0.15) is 12.4 Å². The first-order valence-electron chi connectivity index (χ1n) is 8.75. The molecule has 1 aliphatic heterocycles. The molecule has 0 radical (unpaired) electrons. The van der Waals surface area contributed by atoms with Gasteiger partial charge >= 0.3 is 0 Å². The number of nitrogens with one attached hydrogen (secondary N) is 2. The molecule has 2 aromatic rings. The van der Waals surface area contributed by atoms with Crippen molar-refractivity contribution >= 4 is 17.5 Å². The Balaban J connectivity index is 1.67. The lowest BCUT2D eigenvalue weighted by Gasteiger charge is -2.34. The number of H-pyrrole nitrogens is 1. The van der Waals surface area contributed by atoms with E-state index in [4.69, 9.17) is 0 Å². The van der Waals surface area contributed by atoms with Gasteiger partial charge in [0.25, 0.3) is 0 Å². The second-order valence-electron chi connectivity index (χ2n) is 6.25. The third-order valence-electron chi connectivity index (χ3n) is 4.43. The number of carbonyl (C=O) groups excluding carboxylic acids is 2. The number of aromatic amines is 1. The van der Waals surface area contributed by atoms with Crippen LogP contribution in [-0.4, -0.2) is 44.5 Å². The summed E-state index contributed by atoms with van der Waals surface area (Å²) in [5.74, 6) is 0.640. The Labute approximate surface area is 146 Å². The van der Waals surface area contributed by atoms with Crippen molar-refractivity contribution in [3.05, 3.63) is 30.6 Å². The van der Waals surface area contributed by atoms with Crippen LogP contribution in [0.3, 0.4) is 0 Å². The maximum atomic E-state index is 12.7. The third-order valence-corrected chi connectivity index (χ3v) is 4.43. The maximum absolute atomic E-state index is 12.7. The van der Waals surface area contributed by atoms with Crippen LogP contribution in [-0.2, 0) is 9.59 Å². The van der Waals surface area contributed by atoms with Gasteiger partial charge in [-0.3, -0.25) is 14.7 Å². The van der Waals surface area contributed by atoms with E-state index in [1.54, 1.807) is 4.90 Å². The number of carbonyl (C=O) groups is 2. The highest BCUT2D eigenvalue weighted by atomic mass is 16.2. The van der Waals surface area contributed by atoms with Crippen LogP contribution in [0.25, 0.3) is 11.4 Å². The fourth-order valence-corrected chi connectivity index (χ4v) is 3.14. The summed E-state index contributed by atoms with van der Waals surface area (Å²) in [7, 11) is 0. The molecule has 0 aliphatic carbocycles. The summed E-state index contributed by atoms with van der Waals surface area (Å²) in [4.78, 5) is 30.8. The minimum absolute atomic E-state index is 0.0722. The fourth-order valence-electron chi connectivity index (χ4n) is 3.14. The first-order valence-corrected chi connectivity index (χ1v) is 8.75. The molecular formula is C18H23N5O2. The first kappa shape index (κ1) is 17.1. The standard InChI is InChI=1S/C18H23N5O2/c1-2-5-16(24)23-11-4-3-6-15(23)18(25)21-14-9-7-13(8-10-14)17-19-12-20-22-17/h7-10,12,15H,2-6,11H2,1H3,(H,21,25)(H,19,20,22). The Hall–Kier alpha value is -2.70. The highest BCUT2D eigenvalue weighted by Gasteiger charge is 2.31. The molecule has 1 saturated heterocycles. The van der Waals surface area contributed by atoms with Gasteiger partial charge < -0.3 is 10.2 Å². The molecule has 2 heterocycles. The van der Waals surface area contributed by atoms with Crippen LogP contribution in [0, 0.1) is 0 Å². The van der Waals surface area contributed by atoms with Crippen LogP contribution in [0.2, 0.25) is 0 Å². The maximum Gasteiger partial charge on any atom is 0.247 e. The van der Waals surface area contributed by atoms with Crippen LogP contribution in [0.5, 0.6) is 0 Å². The summed E-state index contributed by atoms with van der Waals surface area (Å²) in [6.07, 6.45) is 5.40. The number of anilines is 1. The lowest BCUT2D eigenvalue weighted by molar-refractivity contribution is -0.140. The van der Waals surface area contributed by atoms with Crippen LogP contribution in [0.4, 0.5) is 5.69 Å². The van der Waals surface area contributed by atoms with E-state index in [-0.39, 0.29) is 17.9 Å². The van der Waals surface area contributed by atoms with Gasteiger partial charge in [-0.2, -0.15) is 5.10 Å². The van der Waals surface area contributed by atoms with Gasteiger partial charge in [0.05, 0.1) is 0 Å². The first-order chi connectivity index (χ1) is 12.2. The van der Waals surface area contributed by atoms with E-state index < -0.39 is 0 Å². The molecule has 132 valence electrons. The summed E-state index contributed by atoms with van der Waals surface area (Å²) >= 11 is 0. The number of likely N-dealkylation sites (tertiary alicyclic amines) is 1. The summed E-state index contributed by atoms with van der Waals surface area (Å²) in [6, 6.07) is 7.03. The molecule has 1 aromatic heterocycles. The Morgan fingerprint density at radius 1 is 1.28 bits per heavy atom. The molecule has 2 N–H and O–H groups in total. The van der Waals surface area contributed by atoms with Crippen molar-refractivity contribution in [2.75, 3.05) is 11.9 Å². The van der Waals surface area contributed by atoms with E-state index in [0.29, 0.717) is 24.5 Å². The number of hydrogen-bond acceptors (Lipinski definition) is 4. The number of rotatable bonds is 5. The average molecular weight is 341 g/mol. The van der Waals surface area contributed by atoms with Crippen molar-refractivity contribution in [2.24, 2.45) is 0 Å². The monoisotopic (exact) mass is 341 g/mol. The average Bonchev–Trinajstić information content (AvgIpc) is 3.17. The van der Waals surface area contributed by atoms with Crippen molar-refractivity contribution < 1.29 is 9.59 Å². The highest BCUT2D eigenvalue weighted by molar-refractivity contribution is 5.97. The van der Waals surface area contributed by atoms with E-state index in [9.17, 15) is 9.59 Å². The van der Waals surface area contributed by atoms with Gasteiger partial charge in [0.2, 0.25) is 11.8 Å². The molecule has 1 aromatic carbocycles. The van der Waals surface area contributed by atoms with Crippen molar-refractivity contribution in [2.45, 2.75) is 45.1 Å². The topological polar surface area (TPSA) is 91.0 Å². The number of hydrogen-bond donors (Lipinski definition) is 2. The molecule has 25 heavy (non-hydrogen) atoms. The minimum atomic E-state index is -0.373. The van der Waals surface area contributed by atoms with E-state index in [1.807, 2.05) is 31.2 Å². The molecule has 3 rings (SSSR count). The summed E-state index contributed by atoms with van der Waals surface area (Å²) in [5, 5.41) is 9.56. The minimum Gasteiger partial charge on any atom is -0.331 e. The molecule has 7 nitrogen and oxygen atoms in total. The predicted octanol–water partition coefficient (Wildman–Crippen LogP) is 2.59. The zero-order valence-electron chi connectivity index (χ0n) is 14.4. The lowest BCUT2D eigenvalue weighted by atomic mass is 10.0. The molecule has 1 aliphatic rings. The molecule has 2 amide bonds. The third kappa shape index (κ3) is 4.04. The zero-order valence-corrected chi connectivity index (χ0v) is 14.4. The van der Waals surface area contributed by atoms with E-state index in [1.165, 1.54) is 6.33 Å². The molecule has 1 fully saturated rings. The second-order valence-corrected chi connectivity index (χ2v) is 6.25. The van der Waals surface area contributed by atoms with E-state index >= 15 is 0 Å². The van der Waals surface area contributed by atoms with Crippen molar-refractivity contribution in [3.63, 3.8) is 0 Å². The van der Waals surface area contributed by atoms with Crippen LogP contribution in [0.15, 0.2) is 30.6 Å². The van der Waals surface area contributed by atoms with Crippen LogP contribution < -0.4 is 5.32 Å². The van der Waals surface area contributed by atoms with Gasteiger partial charge in [-0.1, -0.05) is 6.92 Å². The molecular weight excluding hydrogens is 318 g/mol. The Kier molecular flexibility index (Phi) is 5.42. The Morgan fingerprint density at radius 3 is 2.76 bits per heavy atom. The van der Waals surface area contributed by atoms with Gasteiger partial charge in [0.15, 0.2) is 5.82 Å². The quantitative estimate of drug-likeness (QED) is 0.874. The second kappa shape index (κ2) is 7.92. The highest BCUT2D eigenvalue weighted by Crippen LogP contribution is 2.21. The summed E-state index contributed by atoms with van der Waals surface area (Å²) in [6.45, 7) is 2.65. The van der Waals surface area contributed by atoms with Gasteiger partial charge in [-0.05, 0) is 49.9 Å². The van der Waals surface area contributed by atoms with Crippen molar-refractivity contribution in [1.82, 2.24) is 20.1 Å². The number of amides is 2. The molecule has 1 atom stereocenters. The Bertz CT molecular complexity index is 712. The van der Waals surface area contributed by atoms with E-state index in [0.717, 1.165) is 31.2 Å². The predicted molar refractivity (Wildman–Crippen MR) is 94.7 cm³/mol. The summed E-state index contributed by atoms with van der Waals surface area (Å²) in [5.41, 5.74) is 1.61. The molecule has 1 unspecified atom stereocenters. The number of nitrogens with zero attached hydrogens (tertiary/aromatic N) is 3. The molecule has 0 saturated carbocycles. The smallest absolute Gasteiger partial charge is 0.247 e. The van der Waals surface area contributed by atoms with Gasteiger partial charge in [-0.25, -0.2) is 4.98 Å². The number of benzene rings is 1. The fraction of sp³-hybridized carbons (Fsp3) is 0.444. The lowest BCUT2D eigenvalue weighted by Crippen LogP contribution is -2.49.